The molecule has 132 valence electrons. The molecule has 0 aliphatic rings. The Hall–Kier alpha value is -1.20. The molecular formula is C10H12F9NO2. The highest BCUT2D eigenvalue weighted by atomic mass is 19.4. The maximum absolute atomic E-state index is 13.2. The molecule has 0 bridgehead atoms. The smallest absolute Gasteiger partial charge is 0.460 e. The summed E-state index contributed by atoms with van der Waals surface area (Å²) in [5, 5.41) is 10.3. The lowest BCUT2D eigenvalue weighted by atomic mass is 10.0. The molecule has 0 aromatic carbocycles. The Kier molecular flexibility index (Phi) is 5.46. The van der Waals surface area contributed by atoms with Crippen LogP contribution in [0.2, 0.25) is 0 Å². The summed E-state index contributed by atoms with van der Waals surface area (Å²) in [6.07, 6.45) is -8.94. The quantitative estimate of drug-likeness (QED) is 0.518. The van der Waals surface area contributed by atoms with E-state index in [0.29, 0.717) is 0 Å². The fourth-order valence-corrected chi connectivity index (χ4v) is 1.44. The lowest BCUT2D eigenvalue weighted by molar-refractivity contribution is -0.886. The summed E-state index contributed by atoms with van der Waals surface area (Å²) in [6.45, 7) is -2.01. The minimum absolute atomic E-state index is 0.869. The van der Waals surface area contributed by atoms with Gasteiger partial charge in [-0.2, -0.15) is 39.5 Å². The number of quaternary nitrogens is 1. The van der Waals surface area contributed by atoms with Gasteiger partial charge in [-0.05, 0) is 0 Å². The highest BCUT2D eigenvalue weighted by Gasteiger charge is 2.81. The van der Waals surface area contributed by atoms with Crippen molar-refractivity contribution < 1.29 is 53.9 Å². The third-order valence-electron chi connectivity index (χ3n) is 2.80. The molecule has 0 aliphatic carbocycles. The Morgan fingerprint density at radius 2 is 1.32 bits per heavy atom. The second kappa shape index (κ2) is 5.78. The first-order valence-electron chi connectivity index (χ1n) is 5.59. The first-order chi connectivity index (χ1) is 9.37. The van der Waals surface area contributed by atoms with Gasteiger partial charge < -0.3 is 14.4 Å². The minimum Gasteiger partial charge on any atom is -0.544 e. The van der Waals surface area contributed by atoms with Crippen LogP contribution in [-0.4, -0.2) is 61.6 Å². The number of rotatable bonds is 7. The van der Waals surface area contributed by atoms with Crippen molar-refractivity contribution in [3.63, 3.8) is 0 Å². The maximum Gasteiger partial charge on any atom is 0.460 e. The molecule has 0 aromatic heterocycles. The molecule has 3 nitrogen and oxygen atoms in total. The van der Waals surface area contributed by atoms with Gasteiger partial charge >= 0.3 is 23.9 Å². The van der Waals surface area contributed by atoms with Crippen LogP contribution in [0.4, 0.5) is 39.5 Å². The van der Waals surface area contributed by atoms with Gasteiger partial charge in [-0.1, -0.05) is 0 Å². The van der Waals surface area contributed by atoms with Crippen molar-refractivity contribution in [1.82, 2.24) is 0 Å². The van der Waals surface area contributed by atoms with Crippen molar-refractivity contribution in [2.24, 2.45) is 0 Å². The van der Waals surface area contributed by atoms with E-state index in [0.717, 1.165) is 14.1 Å². The molecule has 0 unspecified atom stereocenters. The van der Waals surface area contributed by atoms with Gasteiger partial charge in [-0.15, -0.1) is 0 Å². The van der Waals surface area contributed by atoms with Gasteiger partial charge in [-0.25, -0.2) is 0 Å². The number of likely N-dealkylation sites (N-methyl/N-ethyl adjacent to an activating group) is 1. The number of carboxylic acids is 1. The average Bonchev–Trinajstić information content (AvgIpc) is 2.23. The molecule has 0 saturated heterocycles. The van der Waals surface area contributed by atoms with Crippen LogP contribution in [0.15, 0.2) is 0 Å². The van der Waals surface area contributed by atoms with Crippen LogP contribution in [0.1, 0.15) is 6.42 Å². The Labute approximate surface area is 118 Å². The molecule has 0 spiro atoms. The fourth-order valence-electron chi connectivity index (χ4n) is 1.44. The van der Waals surface area contributed by atoms with Gasteiger partial charge in [0.1, 0.15) is 6.54 Å². The van der Waals surface area contributed by atoms with E-state index in [1.807, 2.05) is 0 Å². The third kappa shape index (κ3) is 4.17. The molecule has 0 heterocycles. The lowest BCUT2D eigenvalue weighted by Crippen LogP contribution is -2.62. The topological polar surface area (TPSA) is 40.1 Å². The number of nitrogens with zero attached hydrogens (tertiary/aromatic N) is 1. The monoisotopic (exact) mass is 349 g/mol. The van der Waals surface area contributed by atoms with Crippen LogP contribution in [0.5, 0.6) is 0 Å². The summed E-state index contributed by atoms with van der Waals surface area (Å²) in [4.78, 5) is 10.3. The first-order valence-corrected chi connectivity index (χ1v) is 5.59. The van der Waals surface area contributed by atoms with Gasteiger partial charge in [0.05, 0.1) is 33.0 Å². The number of carbonyl (C=O) groups is 1. The predicted molar refractivity (Wildman–Crippen MR) is 52.4 cm³/mol. The van der Waals surface area contributed by atoms with E-state index in [1.165, 1.54) is 0 Å². The van der Waals surface area contributed by atoms with E-state index in [-0.39, 0.29) is 0 Å². The molecule has 0 atom stereocenters. The van der Waals surface area contributed by atoms with Gasteiger partial charge in [0, 0.05) is 0 Å². The summed E-state index contributed by atoms with van der Waals surface area (Å²) >= 11 is 0. The van der Waals surface area contributed by atoms with Crippen LogP contribution < -0.4 is 5.11 Å². The molecule has 12 heteroatoms. The largest absolute Gasteiger partial charge is 0.544 e. The SMILES string of the molecule is C[N+](C)(CCC(F)(F)C(F)(F)C(F)(F)C(F)(F)F)CC(=O)[O-]. The van der Waals surface area contributed by atoms with Crippen molar-refractivity contribution in [2.75, 3.05) is 27.2 Å². The van der Waals surface area contributed by atoms with Crippen molar-refractivity contribution in [2.45, 2.75) is 30.4 Å². The Morgan fingerprint density at radius 3 is 1.64 bits per heavy atom. The molecule has 0 N–H and O–H groups in total. The van der Waals surface area contributed by atoms with Crippen molar-refractivity contribution in [3.05, 3.63) is 0 Å². The van der Waals surface area contributed by atoms with Crippen LogP contribution in [0, 0.1) is 0 Å². The summed E-state index contributed by atoms with van der Waals surface area (Å²) in [7, 11) is 1.96. The molecule has 0 amide bonds. The molecule has 0 rings (SSSR count). The predicted octanol–water partition coefficient (Wildman–Crippen LogP) is 1.67. The van der Waals surface area contributed by atoms with Crippen molar-refractivity contribution in [3.8, 4) is 0 Å². The van der Waals surface area contributed by atoms with Crippen molar-refractivity contribution in [1.29, 1.82) is 0 Å². The van der Waals surface area contributed by atoms with Crippen LogP contribution in [0.3, 0.4) is 0 Å². The zero-order chi connectivity index (χ0) is 18.2. The number of aliphatic carboxylic acids is 1. The number of hydrogen-bond donors (Lipinski definition) is 0. The van der Waals surface area contributed by atoms with Crippen LogP contribution >= 0.6 is 0 Å². The van der Waals surface area contributed by atoms with E-state index >= 15 is 0 Å². The highest BCUT2D eigenvalue weighted by molar-refractivity contribution is 5.65. The highest BCUT2D eigenvalue weighted by Crippen LogP contribution is 2.54. The van der Waals surface area contributed by atoms with Crippen LogP contribution in [0.25, 0.3) is 0 Å². The maximum atomic E-state index is 13.2. The second-order valence-electron chi connectivity index (χ2n) is 5.29. The van der Waals surface area contributed by atoms with Crippen molar-refractivity contribution >= 4 is 5.97 Å². The van der Waals surface area contributed by atoms with E-state index in [4.69, 9.17) is 0 Å². The molecule has 0 radical (unpaired) electrons. The van der Waals surface area contributed by atoms with Gasteiger partial charge in [0.2, 0.25) is 0 Å². The number of halogens is 9. The lowest BCUT2D eigenvalue weighted by Gasteiger charge is -2.36. The zero-order valence-corrected chi connectivity index (χ0v) is 11.3. The number of carbonyl (C=O) groups excluding carboxylic acids is 1. The summed E-state index contributed by atoms with van der Waals surface area (Å²) in [5.74, 6) is -21.1. The first kappa shape index (κ1) is 20.8. The van der Waals surface area contributed by atoms with E-state index in [2.05, 4.69) is 0 Å². The van der Waals surface area contributed by atoms with Crippen LogP contribution in [-0.2, 0) is 4.79 Å². The Morgan fingerprint density at radius 1 is 0.909 bits per heavy atom. The Bertz CT molecular complexity index is 417. The average molecular weight is 349 g/mol. The molecular weight excluding hydrogens is 337 g/mol. The summed E-state index contributed by atoms with van der Waals surface area (Å²) in [6, 6.07) is 0. The molecule has 0 saturated carbocycles. The standard InChI is InChI=1S/C10H12F9NO2/c1-20(2,5-6(21)22)4-3-7(11,12)8(13,14)9(15,16)10(17,18)19/h3-5H2,1-2H3. The van der Waals surface area contributed by atoms with E-state index < -0.39 is 53.9 Å². The van der Waals surface area contributed by atoms with E-state index in [1.54, 1.807) is 0 Å². The normalized spacial score (nSPS) is 15.0. The third-order valence-corrected chi connectivity index (χ3v) is 2.80. The van der Waals surface area contributed by atoms with Gasteiger partial charge in [-0.3, -0.25) is 0 Å². The van der Waals surface area contributed by atoms with Gasteiger partial charge in [0.15, 0.2) is 0 Å². The minimum atomic E-state index is -6.94. The second-order valence-corrected chi connectivity index (χ2v) is 5.29. The summed E-state index contributed by atoms with van der Waals surface area (Å²) < 4.78 is 112. The number of carboxylic acid groups (broad SMARTS) is 1. The zero-order valence-electron chi connectivity index (χ0n) is 11.3. The fraction of sp³-hybridized carbons (Fsp3) is 0.900. The number of alkyl halides is 9. The molecule has 0 aromatic rings. The Balaban J connectivity index is 5.27. The molecule has 0 fully saturated rings. The molecule has 22 heavy (non-hydrogen) atoms. The van der Waals surface area contributed by atoms with Gasteiger partial charge in [0.25, 0.3) is 0 Å². The van der Waals surface area contributed by atoms with E-state index in [9.17, 15) is 49.4 Å². The number of hydrogen-bond acceptors (Lipinski definition) is 2. The molecule has 0 aliphatic heterocycles. The summed E-state index contributed by atoms with van der Waals surface area (Å²) in [5.41, 5.74) is 0.